The van der Waals surface area contributed by atoms with Crippen LogP contribution in [0.25, 0.3) is 17.1 Å². The number of benzene rings is 2. The van der Waals surface area contributed by atoms with Crippen LogP contribution >= 0.6 is 23.4 Å². The van der Waals surface area contributed by atoms with Crippen molar-refractivity contribution in [1.29, 1.82) is 0 Å². The number of pyridine rings is 1. The second-order valence-corrected chi connectivity index (χ2v) is 8.13. The molecule has 0 aliphatic rings. The maximum absolute atomic E-state index is 13.3. The van der Waals surface area contributed by atoms with Crippen LogP contribution < -0.4 is 10.1 Å². The Hall–Kier alpha value is -3.43. The highest BCUT2D eigenvalue weighted by Crippen LogP contribution is 2.29. The molecule has 0 aliphatic heterocycles. The molecule has 10 heteroatoms. The minimum Gasteiger partial charge on any atom is -0.494 e. The summed E-state index contributed by atoms with van der Waals surface area (Å²) in [5.74, 6) is 0.587. The molecular weight excluding hydrogens is 465 g/mol. The Kier molecular flexibility index (Phi) is 7.21. The SMILES string of the molecule is CCOc1ccc(-n2c(SCC(=O)Nc3ccc(F)c(Cl)c3)nnc2-c2cccnc2)cc1. The van der Waals surface area contributed by atoms with Gasteiger partial charge in [0.15, 0.2) is 11.0 Å². The average Bonchev–Trinajstić information content (AvgIpc) is 3.25. The molecule has 7 nitrogen and oxygen atoms in total. The second-order valence-electron chi connectivity index (χ2n) is 6.78. The number of amides is 1. The van der Waals surface area contributed by atoms with Crippen molar-refractivity contribution >= 4 is 35.0 Å². The summed E-state index contributed by atoms with van der Waals surface area (Å²) in [5, 5.41) is 11.8. The topological polar surface area (TPSA) is 81.9 Å². The number of hydrogen-bond acceptors (Lipinski definition) is 6. The number of aromatic nitrogens is 4. The highest BCUT2D eigenvalue weighted by atomic mass is 35.5. The molecule has 0 radical (unpaired) electrons. The maximum Gasteiger partial charge on any atom is 0.234 e. The number of nitrogens with zero attached hydrogens (tertiary/aromatic N) is 4. The Bertz CT molecular complexity index is 1250. The third-order valence-electron chi connectivity index (χ3n) is 4.49. The summed E-state index contributed by atoms with van der Waals surface area (Å²) in [6.07, 6.45) is 3.39. The number of carbonyl (C=O) groups is 1. The summed E-state index contributed by atoms with van der Waals surface area (Å²) in [6.45, 7) is 2.50. The number of ether oxygens (including phenoxy) is 1. The van der Waals surface area contributed by atoms with Gasteiger partial charge in [0.05, 0.1) is 17.4 Å². The number of rotatable bonds is 8. The standard InChI is InChI=1S/C23H19ClFN5O2S/c1-2-32-18-8-6-17(7-9-18)30-22(15-4-3-11-26-13-15)28-29-23(30)33-14-21(31)27-16-5-10-20(25)19(24)12-16/h3-13H,2,14H2,1H3,(H,27,31). The number of hydrogen-bond donors (Lipinski definition) is 1. The van der Waals surface area contributed by atoms with Gasteiger partial charge < -0.3 is 10.1 Å². The first-order valence-corrected chi connectivity index (χ1v) is 11.4. The molecule has 4 aromatic rings. The highest BCUT2D eigenvalue weighted by molar-refractivity contribution is 7.99. The molecule has 0 atom stereocenters. The van der Waals surface area contributed by atoms with Gasteiger partial charge >= 0.3 is 0 Å². The molecule has 33 heavy (non-hydrogen) atoms. The van der Waals surface area contributed by atoms with Crippen molar-refractivity contribution in [2.75, 3.05) is 17.7 Å². The van der Waals surface area contributed by atoms with E-state index in [9.17, 15) is 9.18 Å². The zero-order valence-electron chi connectivity index (χ0n) is 17.5. The Morgan fingerprint density at radius 3 is 2.70 bits per heavy atom. The van der Waals surface area contributed by atoms with E-state index in [4.69, 9.17) is 16.3 Å². The smallest absolute Gasteiger partial charge is 0.234 e. The van der Waals surface area contributed by atoms with E-state index in [1.165, 1.54) is 30.0 Å². The van der Waals surface area contributed by atoms with Gasteiger partial charge in [-0.15, -0.1) is 10.2 Å². The lowest BCUT2D eigenvalue weighted by Gasteiger charge is -2.11. The monoisotopic (exact) mass is 483 g/mol. The van der Waals surface area contributed by atoms with Gasteiger partial charge in [-0.2, -0.15) is 0 Å². The van der Waals surface area contributed by atoms with Crippen molar-refractivity contribution in [3.05, 3.63) is 77.8 Å². The van der Waals surface area contributed by atoms with Crippen molar-refractivity contribution in [2.45, 2.75) is 12.1 Å². The van der Waals surface area contributed by atoms with Crippen molar-refractivity contribution in [2.24, 2.45) is 0 Å². The van der Waals surface area contributed by atoms with Gasteiger partial charge in [-0.1, -0.05) is 23.4 Å². The van der Waals surface area contributed by atoms with Crippen molar-refractivity contribution in [3.63, 3.8) is 0 Å². The van der Waals surface area contributed by atoms with Crippen LogP contribution in [0, 0.1) is 5.82 Å². The van der Waals surface area contributed by atoms with Crippen LogP contribution in [-0.2, 0) is 4.79 Å². The fourth-order valence-electron chi connectivity index (χ4n) is 3.04. The molecule has 0 saturated heterocycles. The Morgan fingerprint density at radius 2 is 2.00 bits per heavy atom. The molecule has 2 aromatic carbocycles. The van der Waals surface area contributed by atoms with Crippen molar-refractivity contribution < 1.29 is 13.9 Å². The summed E-state index contributed by atoms with van der Waals surface area (Å²) in [4.78, 5) is 16.6. The molecule has 0 bridgehead atoms. The van der Waals surface area contributed by atoms with Crippen LogP contribution in [0.2, 0.25) is 5.02 Å². The third-order valence-corrected chi connectivity index (χ3v) is 5.71. The van der Waals surface area contributed by atoms with Crippen LogP contribution in [0.3, 0.4) is 0 Å². The molecule has 0 spiro atoms. The highest BCUT2D eigenvalue weighted by Gasteiger charge is 2.18. The van der Waals surface area contributed by atoms with Crippen molar-refractivity contribution in [1.82, 2.24) is 19.7 Å². The Balaban J connectivity index is 1.57. The first-order chi connectivity index (χ1) is 16.0. The lowest BCUT2D eigenvalue weighted by atomic mass is 10.2. The van der Waals surface area contributed by atoms with Gasteiger partial charge in [-0.3, -0.25) is 14.3 Å². The number of thioether (sulfide) groups is 1. The summed E-state index contributed by atoms with van der Waals surface area (Å²) in [5.41, 5.74) is 2.02. The van der Waals surface area contributed by atoms with E-state index in [1.807, 2.05) is 47.9 Å². The van der Waals surface area contributed by atoms with E-state index >= 15 is 0 Å². The molecule has 0 aliphatic carbocycles. The fraction of sp³-hybridized carbons (Fsp3) is 0.130. The molecule has 2 aromatic heterocycles. The molecule has 0 unspecified atom stereocenters. The van der Waals surface area contributed by atoms with Crippen LogP contribution in [0.1, 0.15) is 6.92 Å². The van der Waals surface area contributed by atoms with Gasteiger partial charge in [0, 0.05) is 29.3 Å². The predicted octanol–water partition coefficient (Wildman–Crippen LogP) is 5.25. The molecule has 168 valence electrons. The third kappa shape index (κ3) is 5.50. The minimum absolute atomic E-state index is 0.0585. The normalized spacial score (nSPS) is 10.8. The fourth-order valence-corrected chi connectivity index (χ4v) is 3.97. The molecule has 4 rings (SSSR count). The van der Waals surface area contributed by atoms with Crippen LogP contribution in [0.4, 0.5) is 10.1 Å². The number of carbonyl (C=O) groups excluding carboxylic acids is 1. The predicted molar refractivity (Wildman–Crippen MR) is 127 cm³/mol. The lowest BCUT2D eigenvalue weighted by Crippen LogP contribution is -2.14. The minimum atomic E-state index is -0.546. The van der Waals surface area contributed by atoms with Gasteiger partial charge in [-0.05, 0) is 61.5 Å². The van der Waals surface area contributed by atoms with E-state index < -0.39 is 5.82 Å². The van der Waals surface area contributed by atoms with E-state index in [-0.39, 0.29) is 16.7 Å². The van der Waals surface area contributed by atoms with E-state index in [2.05, 4.69) is 20.5 Å². The Morgan fingerprint density at radius 1 is 1.18 bits per heavy atom. The van der Waals surface area contributed by atoms with Gasteiger partial charge in [0.1, 0.15) is 11.6 Å². The van der Waals surface area contributed by atoms with Crippen LogP contribution in [0.15, 0.2) is 72.1 Å². The molecule has 0 saturated carbocycles. The number of anilines is 1. The summed E-state index contributed by atoms with van der Waals surface area (Å²) < 4.78 is 20.7. The Labute approximate surface area is 199 Å². The molecule has 0 fully saturated rings. The summed E-state index contributed by atoms with van der Waals surface area (Å²) in [6, 6.07) is 15.3. The van der Waals surface area contributed by atoms with Crippen molar-refractivity contribution in [3.8, 4) is 22.8 Å². The number of halogens is 2. The molecular formula is C23H19ClFN5O2S. The molecule has 1 N–H and O–H groups in total. The van der Waals surface area contributed by atoms with E-state index in [1.54, 1.807) is 12.4 Å². The maximum atomic E-state index is 13.3. The molecule has 1 amide bonds. The van der Waals surface area contributed by atoms with Gasteiger partial charge in [0.25, 0.3) is 0 Å². The summed E-state index contributed by atoms with van der Waals surface area (Å²) >= 11 is 7.01. The van der Waals surface area contributed by atoms with Crippen LogP contribution in [0.5, 0.6) is 5.75 Å². The van der Waals surface area contributed by atoms with E-state index in [0.29, 0.717) is 23.3 Å². The largest absolute Gasteiger partial charge is 0.494 e. The zero-order valence-corrected chi connectivity index (χ0v) is 19.1. The molecule has 2 heterocycles. The van der Waals surface area contributed by atoms with Crippen LogP contribution in [-0.4, -0.2) is 38.0 Å². The van der Waals surface area contributed by atoms with Gasteiger partial charge in [-0.25, -0.2) is 4.39 Å². The second kappa shape index (κ2) is 10.5. The average molecular weight is 484 g/mol. The van der Waals surface area contributed by atoms with E-state index in [0.717, 1.165) is 17.0 Å². The lowest BCUT2D eigenvalue weighted by molar-refractivity contribution is -0.113. The number of nitrogens with one attached hydrogen (secondary N) is 1. The first kappa shape index (κ1) is 22.8. The summed E-state index contributed by atoms with van der Waals surface area (Å²) in [7, 11) is 0. The van der Waals surface area contributed by atoms with Gasteiger partial charge in [0.2, 0.25) is 5.91 Å². The zero-order chi connectivity index (χ0) is 23.2. The quantitative estimate of drug-likeness (QED) is 0.345. The first-order valence-electron chi connectivity index (χ1n) is 10.0.